The summed E-state index contributed by atoms with van der Waals surface area (Å²) in [6.07, 6.45) is 4.94. The molecule has 1 aliphatic rings. The molecular formula is C14H22N2O2. The highest BCUT2D eigenvalue weighted by molar-refractivity contribution is 5.70. The van der Waals surface area contributed by atoms with Crippen LogP contribution in [0.15, 0.2) is 12.3 Å². The second-order valence-corrected chi connectivity index (χ2v) is 5.89. The van der Waals surface area contributed by atoms with Crippen molar-refractivity contribution in [2.75, 3.05) is 13.1 Å². The minimum absolute atomic E-state index is 0.0302. The summed E-state index contributed by atoms with van der Waals surface area (Å²) in [5, 5.41) is 0. The van der Waals surface area contributed by atoms with Gasteiger partial charge in [0.05, 0.1) is 0 Å². The third-order valence-electron chi connectivity index (χ3n) is 3.32. The zero-order valence-corrected chi connectivity index (χ0v) is 11.5. The van der Waals surface area contributed by atoms with Crippen LogP contribution in [0.3, 0.4) is 0 Å². The van der Waals surface area contributed by atoms with E-state index in [1.807, 2.05) is 12.3 Å². The molecule has 2 rings (SSSR count). The molecule has 1 amide bonds. The van der Waals surface area contributed by atoms with Crippen molar-refractivity contribution >= 4 is 6.09 Å². The number of hydrogen-bond acceptors (Lipinski definition) is 2. The third-order valence-corrected chi connectivity index (χ3v) is 3.32. The topological polar surface area (TPSA) is 45.3 Å². The van der Waals surface area contributed by atoms with Gasteiger partial charge in [-0.2, -0.15) is 0 Å². The van der Waals surface area contributed by atoms with Gasteiger partial charge in [0.25, 0.3) is 0 Å². The van der Waals surface area contributed by atoms with Crippen LogP contribution < -0.4 is 4.74 Å². The number of carbonyl (C=O) groups excluding carboxylic acids is 1. The van der Waals surface area contributed by atoms with Crippen molar-refractivity contribution in [3.8, 4) is 5.88 Å². The molecule has 0 spiro atoms. The van der Waals surface area contributed by atoms with Crippen molar-refractivity contribution in [1.29, 1.82) is 0 Å². The molecule has 1 fully saturated rings. The number of likely N-dealkylation sites (tertiary alicyclic amines) is 1. The molecule has 18 heavy (non-hydrogen) atoms. The standard InChI is InChI=1S/C14H22N2O2/c1-14(2,3)11-7-8-15-12(11)18-13(17)16-9-5-4-6-10-16/h7-8,15H,4-6,9-10H2,1-3H3. The first kappa shape index (κ1) is 13.0. The van der Waals surface area contributed by atoms with E-state index in [1.54, 1.807) is 4.90 Å². The molecule has 0 unspecified atom stereocenters. The SMILES string of the molecule is CC(C)(C)c1cc[nH]c1OC(=O)N1CCCCC1. The third kappa shape index (κ3) is 2.86. The highest BCUT2D eigenvalue weighted by Gasteiger charge is 2.24. The molecule has 4 heteroatoms. The quantitative estimate of drug-likeness (QED) is 0.831. The van der Waals surface area contributed by atoms with Crippen molar-refractivity contribution in [2.24, 2.45) is 0 Å². The van der Waals surface area contributed by atoms with Gasteiger partial charge >= 0.3 is 6.09 Å². The molecule has 1 aromatic rings. The lowest BCUT2D eigenvalue weighted by molar-refractivity contribution is 0.140. The van der Waals surface area contributed by atoms with Gasteiger partial charge in [-0.25, -0.2) is 4.79 Å². The smallest absolute Gasteiger partial charge is 0.393 e. The van der Waals surface area contributed by atoms with Gasteiger partial charge in [0, 0.05) is 24.8 Å². The number of rotatable bonds is 1. The summed E-state index contributed by atoms with van der Waals surface area (Å²) in [6, 6.07) is 1.97. The fraction of sp³-hybridized carbons (Fsp3) is 0.643. The number of piperidine rings is 1. The Morgan fingerprint density at radius 2 is 1.94 bits per heavy atom. The van der Waals surface area contributed by atoms with Gasteiger partial charge in [0.2, 0.25) is 5.88 Å². The second kappa shape index (κ2) is 5.04. The van der Waals surface area contributed by atoms with E-state index >= 15 is 0 Å². The molecule has 0 saturated carbocycles. The molecule has 0 bridgehead atoms. The molecule has 1 aliphatic heterocycles. The highest BCUT2D eigenvalue weighted by Crippen LogP contribution is 2.30. The first-order valence-electron chi connectivity index (χ1n) is 6.63. The molecular weight excluding hydrogens is 228 g/mol. The van der Waals surface area contributed by atoms with Gasteiger partial charge in [-0.3, -0.25) is 0 Å². The summed E-state index contributed by atoms with van der Waals surface area (Å²) in [7, 11) is 0. The number of carbonyl (C=O) groups is 1. The number of aromatic nitrogens is 1. The van der Waals surface area contributed by atoms with Crippen LogP contribution in [0.2, 0.25) is 0 Å². The number of nitrogens with zero attached hydrogens (tertiary/aromatic N) is 1. The average Bonchev–Trinajstić information content (AvgIpc) is 2.78. The predicted octanol–water partition coefficient (Wildman–Crippen LogP) is 3.30. The monoisotopic (exact) mass is 250 g/mol. The first-order chi connectivity index (χ1) is 8.48. The van der Waals surface area contributed by atoms with Crippen LogP contribution in [-0.4, -0.2) is 29.1 Å². The van der Waals surface area contributed by atoms with Gasteiger partial charge in [0.15, 0.2) is 0 Å². The fourth-order valence-electron chi connectivity index (χ4n) is 2.26. The number of ether oxygens (including phenoxy) is 1. The Labute approximate surface area is 108 Å². The summed E-state index contributed by atoms with van der Waals surface area (Å²) < 4.78 is 5.48. The number of nitrogens with one attached hydrogen (secondary N) is 1. The Morgan fingerprint density at radius 1 is 1.28 bits per heavy atom. The molecule has 0 atom stereocenters. The first-order valence-corrected chi connectivity index (χ1v) is 6.63. The van der Waals surface area contributed by atoms with Gasteiger partial charge < -0.3 is 14.6 Å². The van der Waals surface area contributed by atoms with Gasteiger partial charge in [-0.1, -0.05) is 20.8 Å². The molecule has 1 N–H and O–H groups in total. The number of aromatic amines is 1. The van der Waals surface area contributed by atoms with Crippen LogP contribution in [-0.2, 0) is 5.41 Å². The summed E-state index contributed by atoms with van der Waals surface area (Å²) in [4.78, 5) is 16.8. The molecule has 0 aromatic carbocycles. The molecule has 4 nitrogen and oxygen atoms in total. The zero-order chi connectivity index (χ0) is 13.2. The lowest BCUT2D eigenvalue weighted by atomic mass is 9.89. The van der Waals surface area contributed by atoms with Crippen molar-refractivity contribution < 1.29 is 9.53 Å². The number of amides is 1. The van der Waals surface area contributed by atoms with Gasteiger partial charge in [0.1, 0.15) is 0 Å². The Bertz CT molecular complexity index is 412. The summed E-state index contributed by atoms with van der Waals surface area (Å²) in [5.74, 6) is 0.582. The fourth-order valence-corrected chi connectivity index (χ4v) is 2.26. The van der Waals surface area contributed by atoms with E-state index in [1.165, 1.54) is 6.42 Å². The molecule has 100 valence electrons. The van der Waals surface area contributed by atoms with E-state index in [4.69, 9.17) is 4.74 Å². The molecule has 2 heterocycles. The van der Waals surface area contributed by atoms with Crippen molar-refractivity contribution in [1.82, 2.24) is 9.88 Å². The maximum atomic E-state index is 12.0. The van der Waals surface area contributed by atoms with Crippen LogP contribution in [0.1, 0.15) is 45.6 Å². The maximum Gasteiger partial charge on any atom is 0.416 e. The molecule has 0 aliphatic carbocycles. The van der Waals surface area contributed by atoms with Crippen molar-refractivity contribution in [3.63, 3.8) is 0 Å². The van der Waals surface area contributed by atoms with E-state index in [0.29, 0.717) is 5.88 Å². The van der Waals surface area contributed by atoms with E-state index in [0.717, 1.165) is 31.5 Å². The maximum absolute atomic E-state index is 12.0. The van der Waals surface area contributed by atoms with Crippen LogP contribution in [0, 0.1) is 0 Å². The molecule has 1 saturated heterocycles. The van der Waals surface area contributed by atoms with E-state index in [-0.39, 0.29) is 11.5 Å². The number of hydrogen-bond donors (Lipinski definition) is 1. The number of H-pyrrole nitrogens is 1. The van der Waals surface area contributed by atoms with Gasteiger partial charge in [-0.15, -0.1) is 0 Å². The molecule has 0 radical (unpaired) electrons. The van der Waals surface area contributed by atoms with Crippen molar-refractivity contribution in [3.05, 3.63) is 17.8 Å². The summed E-state index contributed by atoms with van der Waals surface area (Å²) in [6.45, 7) is 7.94. The normalized spacial score (nSPS) is 16.7. The predicted molar refractivity (Wildman–Crippen MR) is 70.9 cm³/mol. The molecule has 1 aromatic heterocycles. The highest BCUT2D eigenvalue weighted by atomic mass is 16.6. The van der Waals surface area contributed by atoms with Crippen LogP contribution in [0.4, 0.5) is 4.79 Å². The van der Waals surface area contributed by atoms with Crippen LogP contribution in [0.25, 0.3) is 0 Å². The Morgan fingerprint density at radius 3 is 2.56 bits per heavy atom. The van der Waals surface area contributed by atoms with Crippen LogP contribution in [0.5, 0.6) is 5.88 Å². The Hall–Kier alpha value is -1.45. The van der Waals surface area contributed by atoms with Crippen LogP contribution >= 0.6 is 0 Å². The van der Waals surface area contributed by atoms with E-state index < -0.39 is 0 Å². The minimum atomic E-state index is -0.234. The minimum Gasteiger partial charge on any atom is -0.393 e. The summed E-state index contributed by atoms with van der Waals surface area (Å²) in [5.41, 5.74) is 1.00. The lowest BCUT2D eigenvalue weighted by Crippen LogP contribution is -2.38. The second-order valence-electron chi connectivity index (χ2n) is 5.89. The van der Waals surface area contributed by atoms with Crippen molar-refractivity contribution in [2.45, 2.75) is 45.4 Å². The zero-order valence-electron chi connectivity index (χ0n) is 11.5. The Kier molecular flexibility index (Phi) is 3.64. The largest absolute Gasteiger partial charge is 0.416 e. The summed E-state index contributed by atoms with van der Waals surface area (Å²) >= 11 is 0. The van der Waals surface area contributed by atoms with E-state index in [9.17, 15) is 4.79 Å². The van der Waals surface area contributed by atoms with E-state index in [2.05, 4.69) is 25.8 Å². The average molecular weight is 250 g/mol. The lowest BCUT2D eigenvalue weighted by Gasteiger charge is -2.26. The van der Waals surface area contributed by atoms with Gasteiger partial charge in [-0.05, 0) is 30.7 Å². The Balaban J connectivity index is 2.05.